The number of fused-ring (bicyclic) bond motifs is 1. The zero-order chi connectivity index (χ0) is 35.8. The largest absolute Gasteiger partial charge is 0.506 e. The zero-order valence-electron chi connectivity index (χ0n) is 26.9. The second-order valence-electron chi connectivity index (χ2n) is 13.2. The lowest BCUT2D eigenvalue weighted by Crippen LogP contribution is -2.53. The van der Waals surface area contributed by atoms with Gasteiger partial charge in [-0.3, -0.25) is 34.2 Å². The second kappa shape index (κ2) is 11.9. The summed E-state index contributed by atoms with van der Waals surface area (Å²) in [6.07, 6.45) is 2.13. The molecule has 8 rings (SSSR count). The molecule has 0 bridgehead atoms. The number of piperidine rings is 2. The van der Waals surface area contributed by atoms with Crippen molar-refractivity contribution in [1.82, 2.24) is 10.0 Å². The number of amides is 5. The molecule has 4 aromatic carbocycles. The summed E-state index contributed by atoms with van der Waals surface area (Å²) in [7, 11) is -4.34. The third-order valence-electron chi connectivity index (χ3n) is 10.0. The first-order chi connectivity index (χ1) is 24.4. The van der Waals surface area contributed by atoms with Crippen LogP contribution in [-0.4, -0.2) is 68.7 Å². The van der Waals surface area contributed by atoms with Crippen molar-refractivity contribution in [1.29, 1.82) is 0 Å². The Morgan fingerprint density at radius 1 is 0.941 bits per heavy atom. The fourth-order valence-electron chi connectivity index (χ4n) is 7.66. The summed E-state index contributed by atoms with van der Waals surface area (Å²) in [6.45, 7) is 0.680. The Kier molecular flexibility index (Phi) is 7.59. The first-order valence-corrected chi connectivity index (χ1v) is 17.9. The van der Waals surface area contributed by atoms with Crippen LogP contribution in [-0.2, 0) is 29.4 Å². The summed E-state index contributed by atoms with van der Waals surface area (Å²) in [6, 6.07) is 14.1. The van der Waals surface area contributed by atoms with Crippen LogP contribution in [0.1, 0.15) is 42.5 Å². The number of phenols is 1. The molecule has 4 aliphatic rings. The molecule has 4 N–H and O–H groups in total. The Balaban J connectivity index is 0.936. The van der Waals surface area contributed by atoms with E-state index in [1.165, 1.54) is 29.2 Å². The van der Waals surface area contributed by atoms with Crippen molar-refractivity contribution in [3.63, 3.8) is 0 Å². The molecule has 5 amide bonds. The van der Waals surface area contributed by atoms with Crippen molar-refractivity contribution in [2.45, 2.75) is 38.1 Å². The third-order valence-corrected chi connectivity index (χ3v) is 11.4. The smallest absolute Gasteiger partial charge is 0.326 e. The van der Waals surface area contributed by atoms with Crippen molar-refractivity contribution in [2.24, 2.45) is 5.92 Å². The highest BCUT2D eigenvalue weighted by Crippen LogP contribution is 2.44. The Morgan fingerprint density at radius 2 is 1.71 bits per heavy atom. The number of carbonyl (C=O) groups excluding carboxylic acids is 5. The summed E-state index contributed by atoms with van der Waals surface area (Å²) < 4.78 is 42.1. The molecule has 51 heavy (non-hydrogen) atoms. The standard InChI is InChI=1S/C35H31FN6O8S/c36-32-21-5-4-20(15-19(21)16-27(43)33(32)41-17-30(46)39-51(41,49)50)37-29(45)14-18-10-12-40(13-11-18)24-6-7-25-31-22(24)2-1-3-23(31)35(48)42(25)26-8-9-28(44)38-34(26)47/h1-7,15-16,18,26,43H,8-14,17H2,(H,37,45)(H,39,46)(H,38,44,47). The molecule has 0 aliphatic carbocycles. The van der Waals surface area contributed by atoms with Gasteiger partial charge in [0.15, 0.2) is 5.82 Å². The van der Waals surface area contributed by atoms with Crippen LogP contribution in [0.4, 0.5) is 27.1 Å². The van der Waals surface area contributed by atoms with Gasteiger partial charge >= 0.3 is 10.2 Å². The van der Waals surface area contributed by atoms with Gasteiger partial charge in [-0.05, 0) is 73.0 Å². The minimum absolute atomic E-state index is 0.00110. The summed E-state index contributed by atoms with van der Waals surface area (Å²) in [5.41, 5.74) is 1.85. The second-order valence-corrected chi connectivity index (χ2v) is 14.8. The van der Waals surface area contributed by atoms with E-state index in [-0.39, 0.29) is 53.7 Å². The van der Waals surface area contributed by atoms with Crippen molar-refractivity contribution < 1.29 is 41.9 Å². The van der Waals surface area contributed by atoms with Crippen LogP contribution < -0.4 is 29.5 Å². The van der Waals surface area contributed by atoms with Gasteiger partial charge in [0.1, 0.15) is 24.0 Å². The van der Waals surface area contributed by atoms with Gasteiger partial charge in [0, 0.05) is 59.0 Å². The highest BCUT2D eigenvalue weighted by atomic mass is 32.2. The zero-order valence-corrected chi connectivity index (χ0v) is 27.8. The summed E-state index contributed by atoms with van der Waals surface area (Å²) in [4.78, 5) is 66.4. The topological polar surface area (TPSA) is 186 Å². The maximum Gasteiger partial charge on any atom is 0.326 e. The van der Waals surface area contributed by atoms with Gasteiger partial charge in [0.25, 0.3) is 11.8 Å². The molecule has 1 atom stereocenters. The number of nitrogens with zero attached hydrogens (tertiary/aromatic N) is 3. The van der Waals surface area contributed by atoms with E-state index in [4.69, 9.17) is 0 Å². The monoisotopic (exact) mass is 714 g/mol. The SMILES string of the molecule is O=C1CCC(N2C(=O)c3cccc4c(N5CCC(CC(=O)Nc6ccc7c(F)c(N8CC(=O)NS8(=O)=O)c(O)cc7c6)CC5)ccc2c34)C(=O)N1. The van der Waals surface area contributed by atoms with Crippen molar-refractivity contribution in [3.8, 4) is 5.75 Å². The van der Waals surface area contributed by atoms with Gasteiger partial charge in [0.2, 0.25) is 17.7 Å². The Hall–Kier alpha value is -5.77. The number of anilines is 4. The molecule has 0 aromatic heterocycles. The third kappa shape index (κ3) is 5.46. The normalized spacial score (nSPS) is 20.3. The number of nitrogens with one attached hydrogen (secondary N) is 3. The average molecular weight is 715 g/mol. The number of benzene rings is 4. The number of imide groups is 1. The molecule has 16 heteroatoms. The predicted octanol–water partition coefficient (Wildman–Crippen LogP) is 3.03. The molecule has 3 saturated heterocycles. The van der Waals surface area contributed by atoms with E-state index < -0.39 is 51.9 Å². The number of phenolic OH excluding ortho intramolecular Hbond substituents is 1. The van der Waals surface area contributed by atoms with E-state index in [9.17, 15) is 37.5 Å². The maximum atomic E-state index is 15.4. The lowest BCUT2D eigenvalue weighted by atomic mass is 9.92. The number of aromatic hydroxyl groups is 1. The molecule has 14 nitrogen and oxygen atoms in total. The lowest BCUT2D eigenvalue weighted by molar-refractivity contribution is -0.134. The van der Waals surface area contributed by atoms with Gasteiger partial charge in [0.05, 0.1) is 5.69 Å². The predicted molar refractivity (Wildman–Crippen MR) is 185 cm³/mol. The first-order valence-electron chi connectivity index (χ1n) is 16.5. The van der Waals surface area contributed by atoms with Crippen LogP contribution in [0.5, 0.6) is 5.75 Å². The number of rotatable bonds is 6. The molecule has 4 heterocycles. The van der Waals surface area contributed by atoms with Crippen LogP contribution in [0, 0.1) is 11.7 Å². The molecule has 0 spiro atoms. The van der Waals surface area contributed by atoms with Crippen molar-refractivity contribution in [2.75, 3.05) is 39.1 Å². The number of halogens is 1. The summed E-state index contributed by atoms with van der Waals surface area (Å²) in [5, 5.41) is 17.6. The number of hydrogen-bond acceptors (Lipinski definition) is 9. The molecular formula is C35H31FN6O8S. The van der Waals surface area contributed by atoms with Crippen LogP contribution in [0.2, 0.25) is 0 Å². The fraction of sp³-hybridized carbons (Fsp3) is 0.286. The molecule has 4 aromatic rings. The van der Waals surface area contributed by atoms with E-state index in [0.29, 0.717) is 34.3 Å². The number of hydrogen-bond donors (Lipinski definition) is 4. The van der Waals surface area contributed by atoms with Crippen molar-refractivity contribution in [3.05, 3.63) is 66.0 Å². The quantitative estimate of drug-likeness (QED) is 0.218. The molecule has 1 unspecified atom stereocenters. The Morgan fingerprint density at radius 3 is 2.43 bits per heavy atom. The lowest BCUT2D eigenvalue weighted by Gasteiger charge is -2.34. The average Bonchev–Trinajstić information content (AvgIpc) is 3.52. The Labute approximate surface area is 290 Å². The van der Waals surface area contributed by atoms with Crippen LogP contribution >= 0.6 is 0 Å². The minimum Gasteiger partial charge on any atom is -0.506 e. The fourth-order valence-corrected chi connectivity index (χ4v) is 8.82. The highest BCUT2D eigenvalue weighted by Gasteiger charge is 2.41. The van der Waals surface area contributed by atoms with Gasteiger partial charge in [-0.2, -0.15) is 8.42 Å². The van der Waals surface area contributed by atoms with Gasteiger partial charge in [-0.15, -0.1) is 0 Å². The van der Waals surface area contributed by atoms with Gasteiger partial charge in [-0.25, -0.2) is 13.4 Å². The van der Waals surface area contributed by atoms with E-state index in [2.05, 4.69) is 15.5 Å². The molecule has 262 valence electrons. The van der Waals surface area contributed by atoms with E-state index >= 15 is 4.39 Å². The number of carbonyl (C=O) groups is 5. The van der Waals surface area contributed by atoms with Crippen LogP contribution in [0.3, 0.4) is 0 Å². The Bertz CT molecular complexity index is 2340. The summed E-state index contributed by atoms with van der Waals surface area (Å²) in [5.74, 6) is -3.78. The minimum atomic E-state index is -4.34. The van der Waals surface area contributed by atoms with E-state index in [1.54, 1.807) is 10.8 Å². The van der Waals surface area contributed by atoms with Gasteiger partial charge in [-0.1, -0.05) is 12.1 Å². The maximum absolute atomic E-state index is 15.4. The van der Waals surface area contributed by atoms with Crippen LogP contribution in [0.25, 0.3) is 21.5 Å². The van der Waals surface area contributed by atoms with Gasteiger partial charge < -0.3 is 15.3 Å². The molecule has 3 fully saturated rings. The summed E-state index contributed by atoms with van der Waals surface area (Å²) >= 11 is 0. The van der Waals surface area contributed by atoms with Crippen molar-refractivity contribution >= 4 is 84.0 Å². The van der Waals surface area contributed by atoms with E-state index in [1.807, 2.05) is 24.3 Å². The van der Waals surface area contributed by atoms with E-state index in [0.717, 1.165) is 29.3 Å². The molecule has 0 saturated carbocycles. The molecular weight excluding hydrogens is 683 g/mol. The molecule has 4 aliphatic heterocycles. The molecule has 0 radical (unpaired) electrons. The first kappa shape index (κ1) is 32.4. The highest BCUT2D eigenvalue weighted by molar-refractivity contribution is 7.92. The van der Waals surface area contributed by atoms with Crippen LogP contribution in [0.15, 0.2) is 54.6 Å².